The molecule has 0 saturated heterocycles. The van der Waals surface area contributed by atoms with E-state index in [1.54, 1.807) is 0 Å². The van der Waals surface area contributed by atoms with Crippen LogP contribution in [-0.4, -0.2) is 0 Å². The highest BCUT2D eigenvalue weighted by atomic mass is 16.3. The number of hydrogen-bond acceptors (Lipinski definition) is 1. The van der Waals surface area contributed by atoms with Gasteiger partial charge in [0.2, 0.25) is 0 Å². The fourth-order valence-electron chi connectivity index (χ4n) is 10.0. The Morgan fingerprint density at radius 2 is 0.893 bits per heavy atom. The van der Waals surface area contributed by atoms with Crippen molar-refractivity contribution in [3.63, 3.8) is 0 Å². The van der Waals surface area contributed by atoms with Crippen molar-refractivity contribution in [2.45, 2.75) is 19.3 Å². The zero-order valence-electron chi connectivity index (χ0n) is 31.2. The minimum Gasteiger partial charge on any atom is -0.455 e. The van der Waals surface area contributed by atoms with E-state index in [0.29, 0.717) is 0 Å². The lowest BCUT2D eigenvalue weighted by Crippen LogP contribution is -2.14. The highest BCUT2D eigenvalue weighted by Gasteiger charge is 2.36. The molecule has 56 heavy (non-hydrogen) atoms. The number of hydrogen-bond donors (Lipinski definition) is 0. The second-order valence-electron chi connectivity index (χ2n) is 16.0. The molecule has 0 N–H and O–H groups in total. The van der Waals surface area contributed by atoms with Crippen molar-refractivity contribution < 1.29 is 4.42 Å². The van der Waals surface area contributed by atoms with Gasteiger partial charge in [0.25, 0.3) is 0 Å². The van der Waals surface area contributed by atoms with Gasteiger partial charge in [0, 0.05) is 21.6 Å². The van der Waals surface area contributed by atoms with Crippen molar-refractivity contribution in [1.29, 1.82) is 0 Å². The lowest BCUT2D eigenvalue weighted by Gasteiger charge is -2.21. The monoisotopic (exact) mass is 712 g/mol. The predicted molar refractivity (Wildman–Crippen MR) is 238 cm³/mol. The predicted octanol–water partition coefficient (Wildman–Crippen LogP) is 15.5. The lowest BCUT2D eigenvalue weighted by molar-refractivity contribution is 0.658. The third-order valence-corrected chi connectivity index (χ3v) is 12.7. The summed E-state index contributed by atoms with van der Waals surface area (Å²) < 4.78 is 6.79. The van der Waals surface area contributed by atoms with E-state index >= 15 is 0 Å². The summed E-state index contributed by atoms with van der Waals surface area (Å²) in [6, 6.07) is 67.1. The molecule has 0 radical (unpaired) electrons. The summed E-state index contributed by atoms with van der Waals surface area (Å²) in [4.78, 5) is 0. The topological polar surface area (TPSA) is 13.1 Å². The Bertz CT molecular complexity index is 3370. The maximum atomic E-state index is 6.79. The van der Waals surface area contributed by atoms with Crippen molar-refractivity contribution in [3.8, 4) is 44.5 Å². The van der Waals surface area contributed by atoms with E-state index in [2.05, 4.69) is 196 Å². The van der Waals surface area contributed by atoms with Crippen LogP contribution in [0.5, 0.6) is 0 Å². The molecule has 0 bridgehead atoms. The molecule has 0 unspecified atom stereocenters. The van der Waals surface area contributed by atoms with Crippen molar-refractivity contribution in [2.24, 2.45) is 0 Å². The summed E-state index contributed by atoms with van der Waals surface area (Å²) in [5.74, 6) is 0. The van der Waals surface area contributed by atoms with Crippen LogP contribution in [0.15, 0.2) is 186 Å². The molecule has 262 valence electrons. The summed E-state index contributed by atoms with van der Waals surface area (Å²) in [7, 11) is 0. The molecule has 0 amide bonds. The van der Waals surface area contributed by atoms with Gasteiger partial charge in [-0.25, -0.2) is 0 Å². The van der Waals surface area contributed by atoms with Gasteiger partial charge in [-0.1, -0.05) is 178 Å². The Morgan fingerprint density at radius 1 is 0.339 bits per heavy atom. The molecule has 12 rings (SSSR count). The molecular weight excluding hydrogens is 677 g/mol. The lowest BCUT2D eigenvalue weighted by atomic mass is 9.82. The van der Waals surface area contributed by atoms with Gasteiger partial charge in [0.05, 0.1) is 0 Å². The van der Waals surface area contributed by atoms with Gasteiger partial charge in [-0.15, -0.1) is 0 Å². The van der Waals surface area contributed by atoms with Crippen LogP contribution < -0.4 is 0 Å². The summed E-state index contributed by atoms with van der Waals surface area (Å²) in [5.41, 5.74) is 14.6. The zero-order valence-corrected chi connectivity index (χ0v) is 31.2. The van der Waals surface area contributed by atoms with Gasteiger partial charge >= 0.3 is 0 Å². The molecule has 1 nitrogen and oxygen atoms in total. The second-order valence-corrected chi connectivity index (χ2v) is 16.0. The first-order valence-electron chi connectivity index (χ1n) is 19.6. The van der Waals surface area contributed by atoms with E-state index < -0.39 is 0 Å². The minimum absolute atomic E-state index is 0.0827. The average Bonchev–Trinajstić information content (AvgIpc) is 3.72. The molecule has 1 aliphatic rings. The maximum absolute atomic E-state index is 6.79. The fraction of sp³-hybridized carbons (Fsp3) is 0.0545. The van der Waals surface area contributed by atoms with Gasteiger partial charge in [-0.05, 0) is 112 Å². The Balaban J connectivity index is 1.05. The van der Waals surface area contributed by atoms with Crippen LogP contribution in [0.1, 0.15) is 25.0 Å². The fourth-order valence-corrected chi connectivity index (χ4v) is 10.0. The molecular formula is C55H36O. The quantitative estimate of drug-likeness (QED) is 0.166. The van der Waals surface area contributed by atoms with Crippen molar-refractivity contribution in [1.82, 2.24) is 0 Å². The highest BCUT2D eigenvalue weighted by molar-refractivity contribution is 6.24. The van der Waals surface area contributed by atoms with Gasteiger partial charge in [0.1, 0.15) is 11.2 Å². The van der Waals surface area contributed by atoms with Crippen LogP contribution in [0.25, 0.3) is 110 Å². The van der Waals surface area contributed by atoms with Crippen molar-refractivity contribution in [3.05, 3.63) is 193 Å². The van der Waals surface area contributed by atoms with E-state index in [4.69, 9.17) is 4.42 Å². The zero-order chi connectivity index (χ0) is 37.1. The second kappa shape index (κ2) is 11.5. The Kier molecular flexibility index (Phi) is 6.46. The molecule has 0 spiro atoms. The number of furan rings is 1. The first-order valence-corrected chi connectivity index (χ1v) is 19.6. The summed E-state index contributed by atoms with van der Waals surface area (Å²) in [5, 5.41) is 12.3. The Hall–Kier alpha value is -6.96. The molecule has 0 fully saturated rings. The van der Waals surface area contributed by atoms with Gasteiger partial charge in [-0.3, -0.25) is 0 Å². The maximum Gasteiger partial charge on any atom is 0.143 e. The smallest absolute Gasteiger partial charge is 0.143 e. The van der Waals surface area contributed by atoms with Gasteiger partial charge in [-0.2, -0.15) is 0 Å². The largest absolute Gasteiger partial charge is 0.455 e. The van der Waals surface area contributed by atoms with Crippen LogP contribution in [0.4, 0.5) is 0 Å². The average molecular weight is 713 g/mol. The van der Waals surface area contributed by atoms with Crippen LogP contribution in [0.3, 0.4) is 0 Å². The summed E-state index contributed by atoms with van der Waals surface area (Å²) in [6.45, 7) is 4.69. The van der Waals surface area contributed by atoms with Crippen molar-refractivity contribution >= 4 is 65.0 Å². The molecule has 10 aromatic carbocycles. The summed E-state index contributed by atoms with van der Waals surface area (Å²) in [6.07, 6.45) is 0. The standard InChI is InChI=1S/C55H36O/c1-55(2)49-25-12-11-18-38(49)46-32-51-47(31-50(46)55)48-30-45(37-17-5-10-23-44(37)54(48)56-51)34-26-28-35(29-27-34)52-40-19-6-8-21-42(40)53(43-22-9-7-20-41(43)52)39-24-13-15-33-14-3-4-16-36(33)39/h3-32H,1-2H3. The van der Waals surface area contributed by atoms with Gasteiger partial charge < -0.3 is 4.42 Å². The molecule has 0 saturated carbocycles. The minimum atomic E-state index is -0.0827. The molecule has 1 aromatic heterocycles. The van der Waals surface area contributed by atoms with E-state index in [-0.39, 0.29) is 5.41 Å². The van der Waals surface area contributed by atoms with E-state index in [1.807, 2.05) is 0 Å². The first kappa shape index (κ1) is 31.4. The normalized spacial score (nSPS) is 13.3. The molecule has 1 aliphatic carbocycles. The van der Waals surface area contributed by atoms with Gasteiger partial charge in [0.15, 0.2) is 0 Å². The molecule has 0 aliphatic heterocycles. The number of benzene rings is 10. The third kappa shape index (κ3) is 4.31. The molecule has 11 aromatic rings. The highest BCUT2D eigenvalue weighted by Crippen LogP contribution is 2.52. The summed E-state index contributed by atoms with van der Waals surface area (Å²) >= 11 is 0. The van der Waals surface area contributed by atoms with Crippen LogP contribution in [0.2, 0.25) is 0 Å². The van der Waals surface area contributed by atoms with E-state index in [0.717, 1.165) is 21.9 Å². The van der Waals surface area contributed by atoms with Crippen molar-refractivity contribution in [2.75, 3.05) is 0 Å². The molecule has 1 heterocycles. The third-order valence-electron chi connectivity index (χ3n) is 12.7. The van der Waals surface area contributed by atoms with E-state index in [1.165, 1.54) is 98.7 Å². The molecule has 0 atom stereocenters. The number of rotatable bonds is 3. The van der Waals surface area contributed by atoms with E-state index in [9.17, 15) is 0 Å². The molecule has 1 heteroatoms. The van der Waals surface area contributed by atoms with Crippen LogP contribution >= 0.6 is 0 Å². The SMILES string of the molecule is CC1(C)c2ccccc2-c2cc3oc4c5ccccc5c(-c5ccc(-c6c7ccccc7c(-c7cccc8ccccc78)c7ccccc67)cc5)cc4c3cc21. The Morgan fingerprint density at radius 3 is 1.62 bits per heavy atom. The van der Waals surface area contributed by atoms with Crippen LogP contribution in [0, 0.1) is 0 Å². The Labute approximate surface area is 325 Å². The van der Waals surface area contributed by atoms with Crippen LogP contribution in [-0.2, 0) is 5.41 Å². The number of fused-ring (bicyclic) bond motifs is 11. The first-order chi connectivity index (χ1) is 27.5.